The van der Waals surface area contributed by atoms with Crippen LogP contribution in [0.1, 0.15) is 33.9 Å². The number of hydrogen-bond acceptors (Lipinski definition) is 1. The molecule has 1 unspecified atom stereocenters. The van der Waals surface area contributed by atoms with Crippen molar-refractivity contribution in [2.45, 2.75) is 25.9 Å². The van der Waals surface area contributed by atoms with Gasteiger partial charge in [0.1, 0.15) is 6.10 Å². The lowest BCUT2D eigenvalue weighted by molar-refractivity contribution is 0.221. The topological polar surface area (TPSA) is 20.2 Å². The highest BCUT2D eigenvalue weighted by molar-refractivity contribution is 5.93. The van der Waals surface area contributed by atoms with Crippen LogP contribution in [0.4, 0.5) is 0 Å². The summed E-state index contributed by atoms with van der Waals surface area (Å²) >= 11 is 0. The molecule has 0 bridgehead atoms. The molecule has 1 heteroatoms. The fourth-order valence-electron chi connectivity index (χ4n) is 3.57. The Morgan fingerprint density at radius 1 is 0.810 bits per heavy atom. The maximum atomic E-state index is 10.9. The summed E-state index contributed by atoms with van der Waals surface area (Å²) in [5.41, 5.74) is 5.99. The molecule has 0 heterocycles. The molecular formula is C20H18O. The van der Waals surface area contributed by atoms with Crippen LogP contribution in [0, 0.1) is 6.92 Å². The van der Waals surface area contributed by atoms with Gasteiger partial charge in [-0.05, 0) is 58.4 Å². The molecule has 0 aromatic heterocycles. The van der Waals surface area contributed by atoms with E-state index in [1.54, 1.807) is 0 Å². The van der Waals surface area contributed by atoms with E-state index in [0.29, 0.717) is 0 Å². The van der Waals surface area contributed by atoms with Crippen LogP contribution in [-0.4, -0.2) is 5.11 Å². The highest BCUT2D eigenvalue weighted by atomic mass is 16.3. The van der Waals surface area contributed by atoms with Crippen molar-refractivity contribution >= 4 is 10.8 Å². The molecule has 0 aliphatic heterocycles. The van der Waals surface area contributed by atoms with Gasteiger partial charge in [0.05, 0.1) is 0 Å². The van der Waals surface area contributed by atoms with Gasteiger partial charge in [0.15, 0.2) is 0 Å². The highest BCUT2D eigenvalue weighted by Gasteiger charge is 2.20. The van der Waals surface area contributed by atoms with Gasteiger partial charge in [-0.3, -0.25) is 0 Å². The molecule has 1 aliphatic rings. The number of aliphatic hydroxyl groups excluding tert-OH is 1. The Morgan fingerprint density at radius 2 is 1.57 bits per heavy atom. The van der Waals surface area contributed by atoms with Gasteiger partial charge in [-0.25, -0.2) is 0 Å². The molecule has 1 nitrogen and oxygen atoms in total. The molecule has 0 fully saturated rings. The molecule has 21 heavy (non-hydrogen) atoms. The standard InChI is InChI=1S/C20H18O/c1-13-5-2-3-7-16(13)20(21)18-12-11-15-10-9-14-6-4-8-17(18)19(14)15/h2-8,11-12,20-21H,9-10H2,1H3. The van der Waals surface area contributed by atoms with Crippen molar-refractivity contribution in [3.63, 3.8) is 0 Å². The lowest BCUT2D eigenvalue weighted by Crippen LogP contribution is -2.03. The second-order valence-electron chi connectivity index (χ2n) is 5.91. The minimum absolute atomic E-state index is 0.559. The fraction of sp³-hybridized carbons (Fsp3) is 0.200. The molecule has 0 spiro atoms. The molecular weight excluding hydrogens is 256 g/mol. The smallest absolute Gasteiger partial charge is 0.105 e. The van der Waals surface area contributed by atoms with Crippen molar-refractivity contribution in [3.8, 4) is 0 Å². The minimum Gasteiger partial charge on any atom is -0.384 e. The summed E-state index contributed by atoms with van der Waals surface area (Å²) in [5.74, 6) is 0. The molecule has 3 aromatic rings. The first-order chi connectivity index (χ1) is 10.3. The zero-order chi connectivity index (χ0) is 14.4. The fourth-order valence-corrected chi connectivity index (χ4v) is 3.57. The molecule has 0 saturated carbocycles. The maximum Gasteiger partial charge on any atom is 0.105 e. The second kappa shape index (κ2) is 4.71. The first-order valence-electron chi connectivity index (χ1n) is 7.52. The molecule has 0 amide bonds. The second-order valence-corrected chi connectivity index (χ2v) is 5.91. The van der Waals surface area contributed by atoms with Gasteiger partial charge in [0.2, 0.25) is 0 Å². The summed E-state index contributed by atoms with van der Waals surface area (Å²) in [7, 11) is 0. The van der Waals surface area contributed by atoms with E-state index < -0.39 is 6.10 Å². The summed E-state index contributed by atoms with van der Waals surface area (Å²) in [6, 6.07) is 18.8. The van der Waals surface area contributed by atoms with Gasteiger partial charge in [0.25, 0.3) is 0 Å². The molecule has 0 saturated heterocycles. The van der Waals surface area contributed by atoms with Crippen molar-refractivity contribution in [2.24, 2.45) is 0 Å². The van der Waals surface area contributed by atoms with E-state index in [0.717, 1.165) is 29.5 Å². The van der Waals surface area contributed by atoms with Gasteiger partial charge in [-0.2, -0.15) is 0 Å². The number of benzene rings is 3. The van der Waals surface area contributed by atoms with E-state index >= 15 is 0 Å². The van der Waals surface area contributed by atoms with Gasteiger partial charge < -0.3 is 5.11 Å². The lowest BCUT2D eigenvalue weighted by atomic mass is 9.92. The Balaban J connectivity index is 1.94. The van der Waals surface area contributed by atoms with E-state index in [2.05, 4.69) is 43.3 Å². The summed E-state index contributed by atoms with van der Waals surface area (Å²) in [6.07, 6.45) is 1.68. The van der Waals surface area contributed by atoms with Crippen LogP contribution in [0.3, 0.4) is 0 Å². The first kappa shape index (κ1) is 12.6. The van der Waals surface area contributed by atoms with Crippen molar-refractivity contribution in [3.05, 3.63) is 82.4 Å². The average molecular weight is 274 g/mol. The Morgan fingerprint density at radius 3 is 2.38 bits per heavy atom. The highest BCUT2D eigenvalue weighted by Crippen LogP contribution is 2.37. The zero-order valence-electron chi connectivity index (χ0n) is 12.1. The lowest BCUT2D eigenvalue weighted by Gasteiger charge is -2.17. The van der Waals surface area contributed by atoms with E-state index in [1.807, 2.05) is 18.2 Å². The Labute approximate surface area is 124 Å². The van der Waals surface area contributed by atoms with Crippen molar-refractivity contribution < 1.29 is 5.11 Å². The van der Waals surface area contributed by atoms with Crippen LogP contribution >= 0.6 is 0 Å². The van der Waals surface area contributed by atoms with Crippen molar-refractivity contribution in [1.29, 1.82) is 0 Å². The molecule has 1 aliphatic carbocycles. The van der Waals surface area contributed by atoms with Crippen LogP contribution in [-0.2, 0) is 12.8 Å². The van der Waals surface area contributed by atoms with Crippen LogP contribution in [0.2, 0.25) is 0 Å². The van der Waals surface area contributed by atoms with Gasteiger partial charge in [0, 0.05) is 0 Å². The van der Waals surface area contributed by atoms with E-state index in [1.165, 1.54) is 21.9 Å². The van der Waals surface area contributed by atoms with Gasteiger partial charge >= 0.3 is 0 Å². The first-order valence-corrected chi connectivity index (χ1v) is 7.52. The van der Waals surface area contributed by atoms with Crippen LogP contribution < -0.4 is 0 Å². The third-order valence-electron chi connectivity index (χ3n) is 4.69. The molecule has 3 aromatic carbocycles. The zero-order valence-corrected chi connectivity index (χ0v) is 12.1. The Bertz CT molecular complexity index is 822. The molecule has 0 radical (unpaired) electrons. The summed E-state index contributed by atoms with van der Waals surface area (Å²) in [4.78, 5) is 0. The predicted molar refractivity (Wildman–Crippen MR) is 86.6 cm³/mol. The number of aryl methyl sites for hydroxylation is 3. The van der Waals surface area contributed by atoms with Crippen molar-refractivity contribution in [2.75, 3.05) is 0 Å². The minimum atomic E-state index is -0.559. The third kappa shape index (κ3) is 1.89. The number of aliphatic hydroxyl groups is 1. The van der Waals surface area contributed by atoms with Gasteiger partial charge in [-0.1, -0.05) is 54.6 Å². The van der Waals surface area contributed by atoms with E-state index in [-0.39, 0.29) is 0 Å². The largest absolute Gasteiger partial charge is 0.384 e. The SMILES string of the molecule is Cc1ccccc1C(O)c1ccc2c3c(cccc13)CC2. The molecule has 4 rings (SSSR count). The van der Waals surface area contributed by atoms with E-state index in [4.69, 9.17) is 0 Å². The number of hydrogen-bond donors (Lipinski definition) is 1. The third-order valence-corrected chi connectivity index (χ3v) is 4.69. The predicted octanol–water partition coefficient (Wildman–Crippen LogP) is 4.33. The normalized spacial score (nSPS) is 14.6. The Kier molecular flexibility index (Phi) is 2.83. The average Bonchev–Trinajstić information content (AvgIpc) is 2.93. The monoisotopic (exact) mass is 274 g/mol. The van der Waals surface area contributed by atoms with Crippen LogP contribution in [0.25, 0.3) is 10.8 Å². The molecule has 104 valence electrons. The Hall–Kier alpha value is -2.12. The summed E-state index contributed by atoms with van der Waals surface area (Å²) in [5, 5.41) is 13.4. The molecule has 1 atom stereocenters. The number of rotatable bonds is 2. The van der Waals surface area contributed by atoms with Crippen LogP contribution in [0.5, 0.6) is 0 Å². The quantitative estimate of drug-likeness (QED) is 0.737. The van der Waals surface area contributed by atoms with E-state index in [9.17, 15) is 5.11 Å². The van der Waals surface area contributed by atoms with Crippen molar-refractivity contribution in [1.82, 2.24) is 0 Å². The molecule has 1 N–H and O–H groups in total. The van der Waals surface area contributed by atoms with Gasteiger partial charge in [-0.15, -0.1) is 0 Å². The summed E-state index contributed by atoms with van der Waals surface area (Å²) < 4.78 is 0. The van der Waals surface area contributed by atoms with Crippen LogP contribution in [0.15, 0.2) is 54.6 Å². The maximum absolute atomic E-state index is 10.9. The summed E-state index contributed by atoms with van der Waals surface area (Å²) in [6.45, 7) is 2.05.